The maximum atomic E-state index is 12.6. The number of carbonyl (C=O) groups is 2. The van der Waals surface area contributed by atoms with E-state index >= 15 is 0 Å². The summed E-state index contributed by atoms with van der Waals surface area (Å²) in [7, 11) is 0. The Balaban J connectivity index is 1.92. The van der Waals surface area contributed by atoms with Gasteiger partial charge in [-0.15, -0.1) is 11.3 Å². The number of furan rings is 1. The van der Waals surface area contributed by atoms with Crippen LogP contribution in [0.1, 0.15) is 46.8 Å². The second-order valence-corrected chi connectivity index (χ2v) is 7.52. The van der Waals surface area contributed by atoms with Gasteiger partial charge in [-0.1, -0.05) is 6.92 Å². The van der Waals surface area contributed by atoms with Crippen LogP contribution in [0.5, 0.6) is 0 Å². The molecule has 2 heterocycles. The molecular formula is C20H20N2O4S. The van der Waals surface area contributed by atoms with E-state index in [1.165, 1.54) is 23.7 Å². The molecule has 6 nitrogen and oxygen atoms in total. The molecule has 0 saturated carbocycles. The third-order valence-electron chi connectivity index (χ3n) is 4.41. The number of carbonyl (C=O) groups excluding carboxylic acids is 2. The molecule has 0 aromatic carbocycles. The first-order chi connectivity index (χ1) is 13.0. The number of rotatable bonds is 5. The van der Waals surface area contributed by atoms with Gasteiger partial charge in [0.1, 0.15) is 22.4 Å². The molecular weight excluding hydrogens is 364 g/mol. The average Bonchev–Trinajstić information content (AvgIpc) is 3.26. The van der Waals surface area contributed by atoms with Crippen LogP contribution in [-0.2, 0) is 22.4 Å². The molecule has 1 aliphatic carbocycles. The zero-order valence-electron chi connectivity index (χ0n) is 15.2. The van der Waals surface area contributed by atoms with E-state index in [1.807, 2.05) is 6.07 Å². The number of thiophene rings is 1. The highest BCUT2D eigenvalue weighted by molar-refractivity contribution is 7.17. The van der Waals surface area contributed by atoms with Crippen LogP contribution in [0, 0.1) is 17.2 Å². The number of ether oxygens (including phenoxy) is 1. The smallest absolute Gasteiger partial charge is 0.341 e. The third-order valence-corrected chi connectivity index (χ3v) is 5.58. The largest absolute Gasteiger partial charge is 0.465 e. The van der Waals surface area contributed by atoms with Gasteiger partial charge in [-0.05, 0) is 49.8 Å². The molecule has 1 N–H and O–H groups in total. The van der Waals surface area contributed by atoms with Gasteiger partial charge in [0, 0.05) is 11.0 Å². The Morgan fingerprint density at radius 3 is 3.00 bits per heavy atom. The van der Waals surface area contributed by atoms with E-state index in [2.05, 4.69) is 12.2 Å². The van der Waals surface area contributed by atoms with Gasteiger partial charge in [0.2, 0.25) is 0 Å². The minimum atomic E-state index is -0.578. The summed E-state index contributed by atoms with van der Waals surface area (Å²) >= 11 is 1.39. The lowest BCUT2D eigenvalue weighted by Crippen LogP contribution is -2.17. The lowest BCUT2D eigenvalue weighted by molar-refractivity contribution is -0.112. The van der Waals surface area contributed by atoms with Gasteiger partial charge in [0.05, 0.1) is 18.4 Å². The summed E-state index contributed by atoms with van der Waals surface area (Å²) in [4.78, 5) is 26.2. The molecule has 1 atom stereocenters. The Bertz CT molecular complexity index is 919. The van der Waals surface area contributed by atoms with Crippen molar-refractivity contribution in [2.24, 2.45) is 5.92 Å². The topological polar surface area (TPSA) is 92.3 Å². The molecule has 0 unspecified atom stereocenters. The first-order valence-corrected chi connectivity index (χ1v) is 9.63. The predicted octanol–water partition coefficient (Wildman–Crippen LogP) is 4.19. The molecule has 140 valence electrons. The highest BCUT2D eigenvalue weighted by Gasteiger charge is 2.29. The van der Waals surface area contributed by atoms with E-state index in [1.54, 1.807) is 19.1 Å². The second kappa shape index (κ2) is 8.23. The summed E-state index contributed by atoms with van der Waals surface area (Å²) in [5.74, 6) is -0.0747. The molecule has 2 aromatic rings. The maximum absolute atomic E-state index is 12.6. The Kier molecular flexibility index (Phi) is 5.77. The maximum Gasteiger partial charge on any atom is 0.341 e. The fourth-order valence-corrected chi connectivity index (χ4v) is 4.49. The van der Waals surface area contributed by atoms with Crippen LogP contribution in [-0.4, -0.2) is 18.5 Å². The zero-order chi connectivity index (χ0) is 19.4. The molecule has 0 fully saturated rings. The van der Waals surface area contributed by atoms with Crippen LogP contribution in [0.3, 0.4) is 0 Å². The van der Waals surface area contributed by atoms with Crippen molar-refractivity contribution in [2.75, 3.05) is 11.9 Å². The lowest BCUT2D eigenvalue weighted by atomic mass is 9.88. The molecule has 0 aliphatic heterocycles. The van der Waals surface area contributed by atoms with Crippen LogP contribution < -0.4 is 5.32 Å². The standard InChI is InChI=1S/C20H20N2O4S/c1-3-25-20(24)17-15-7-6-12(2)9-16(15)27-19(17)22-18(23)13(11-21)10-14-5-4-8-26-14/h4-5,8,10,12H,3,6-7,9H2,1-2H3,(H,22,23)/b13-10+/t12-/m1/s1. The van der Waals surface area contributed by atoms with Gasteiger partial charge in [0.15, 0.2) is 0 Å². The number of fused-ring (bicyclic) bond motifs is 1. The Hall–Kier alpha value is -2.85. The van der Waals surface area contributed by atoms with E-state index < -0.39 is 11.9 Å². The van der Waals surface area contributed by atoms with Gasteiger partial charge in [0.25, 0.3) is 5.91 Å². The van der Waals surface area contributed by atoms with Crippen LogP contribution >= 0.6 is 11.3 Å². The van der Waals surface area contributed by atoms with Crippen LogP contribution in [0.4, 0.5) is 5.00 Å². The van der Waals surface area contributed by atoms with Gasteiger partial charge in [-0.25, -0.2) is 4.79 Å². The number of hydrogen-bond acceptors (Lipinski definition) is 6. The van der Waals surface area contributed by atoms with E-state index in [0.29, 0.717) is 22.2 Å². The van der Waals surface area contributed by atoms with Crippen LogP contribution in [0.15, 0.2) is 28.4 Å². The van der Waals surface area contributed by atoms with Gasteiger partial charge < -0.3 is 14.5 Å². The van der Waals surface area contributed by atoms with Gasteiger partial charge >= 0.3 is 5.97 Å². The monoisotopic (exact) mass is 384 g/mol. The number of nitriles is 1. The number of nitrogens with zero attached hydrogens (tertiary/aromatic N) is 1. The van der Waals surface area contributed by atoms with Crippen molar-refractivity contribution in [3.8, 4) is 6.07 Å². The van der Waals surface area contributed by atoms with E-state index in [-0.39, 0.29) is 12.2 Å². The predicted molar refractivity (Wildman–Crippen MR) is 102 cm³/mol. The van der Waals surface area contributed by atoms with Gasteiger partial charge in [-0.3, -0.25) is 4.79 Å². The highest BCUT2D eigenvalue weighted by atomic mass is 32.1. The molecule has 0 saturated heterocycles. The van der Waals surface area contributed by atoms with Crippen molar-refractivity contribution in [2.45, 2.75) is 33.1 Å². The summed E-state index contributed by atoms with van der Waals surface area (Å²) in [5.41, 5.74) is 1.28. The van der Waals surface area contributed by atoms with Crippen molar-refractivity contribution in [1.29, 1.82) is 5.26 Å². The van der Waals surface area contributed by atoms with Crippen LogP contribution in [0.25, 0.3) is 6.08 Å². The molecule has 2 aromatic heterocycles. The normalized spacial score (nSPS) is 16.3. The fraction of sp³-hybridized carbons (Fsp3) is 0.350. The minimum Gasteiger partial charge on any atom is -0.465 e. The van der Waals surface area contributed by atoms with E-state index in [0.717, 1.165) is 29.7 Å². The molecule has 3 rings (SSSR count). The van der Waals surface area contributed by atoms with Crippen LogP contribution in [0.2, 0.25) is 0 Å². The van der Waals surface area contributed by atoms with E-state index in [9.17, 15) is 14.9 Å². The summed E-state index contributed by atoms with van der Waals surface area (Å²) < 4.78 is 10.4. The van der Waals surface area contributed by atoms with Crippen molar-refractivity contribution < 1.29 is 18.7 Å². The van der Waals surface area contributed by atoms with Crippen molar-refractivity contribution >= 4 is 34.3 Å². The van der Waals surface area contributed by atoms with Crippen molar-refractivity contribution in [3.63, 3.8) is 0 Å². The number of amides is 1. The molecule has 27 heavy (non-hydrogen) atoms. The number of esters is 1. The summed E-state index contributed by atoms with van der Waals surface area (Å²) in [6.07, 6.45) is 5.48. The average molecular weight is 384 g/mol. The molecule has 1 aliphatic rings. The summed E-state index contributed by atoms with van der Waals surface area (Å²) in [6.45, 7) is 4.18. The molecule has 0 bridgehead atoms. The number of anilines is 1. The highest BCUT2D eigenvalue weighted by Crippen LogP contribution is 2.40. The molecule has 1 amide bonds. The Morgan fingerprint density at radius 1 is 1.52 bits per heavy atom. The molecule has 0 spiro atoms. The number of nitrogens with one attached hydrogen (secondary N) is 1. The SMILES string of the molecule is CCOC(=O)c1c(NC(=O)/C(C#N)=C/c2ccco2)sc2c1CC[C@@H](C)C2. The summed E-state index contributed by atoms with van der Waals surface area (Å²) in [5, 5.41) is 12.5. The molecule has 0 radical (unpaired) electrons. The fourth-order valence-electron chi connectivity index (χ4n) is 3.09. The lowest BCUT2D eigenvalue weighted by Gasteiger charge is -2.18. The summed E-state index contributed by atoms with van der Waals surface area (Å²) in [6, 6.07) is 5.21. The first kappa shape index (κ1) is 18.9. The molecule has 7 heteroatoms. The van der Waals surface area contributed by atoms with E-state index in [4.69, 9.17) is 9.15 Å². The van der Waals surface area contributed by atoms with Crippen molar-refractivity contribution in [3.05, 3.63) is 45.7 Å². The first-order valence-electron chi connectivity index (χ1n) is 8.81. The zero-order valence-corrected chi connectivity index (χ0v) is 16.0. The van der Waals surface area contributed by atoms with Crippen molar-refractivity contribution in [1.82, 2.24) is 0 Å². The van der Waals surface area contributed by atoms with Gasteiger partial charge in [-0.2, -0.15) is 5.26 Å². The quantitative estimate of drug-likeness (QED) is 0.474. The minimum absolute atomic E-state index is 0.0977. The Morgan fingerprint density at radius 2 is 2.33 bits per heavy atom. The third kappa shape index (κ3) is 4.12. The second-order valence-electron chi connectivity index (χ2n) is 6.42. The Labute approximate surface area is 161 Å². The number of hydrogen-bond donors (Lipinski definition) is 1.